The average Bonchev–Trinajstić information content (AvgIpc) is 2.17. The maximum atomic E-state index is 11.2. The Kier molecular flexibility index (Phi) is 4.98. The normalized spacial score (nSPS) is 9.79. The van der Waals surface area contributed by atoms with Gasteiger partial charge in [0.2, 0.25) is 0 Å². The van der Waals surface area contributed by atoms with E-state index in [0.717, 1.165) is 9.37 Å². The number of thioether (sulfide) groups is 1. The number of carbonyl (C=O) groups is 1. The number of benzene rings is 1. The summed E-state index contributed by atoms with van der Waals surface area (Å²) in [4.78, 5) is 12.3. The predicted octanol–water partition coefficient (Wildman–Crippen LogP) is 3.69. The summed E-state index contributed by atoms with van der Waals surface area (Å²) in [6, 6.07) is 7.89. The number of carbonyl (C=O) groups excluding carboxylic acids is 1. The summed E-state index contributed by atoms with van der Waals surface area (Å²) >= 11 is 4.98. The number of Topliss-reactive ketones (excluding diaryl/α,β-unsaturated/α-hetero) is 1. The molecule has 3 heteroatoms. The summed E-state index contributed by atoms with van der Waals surface area (Å²) in [7, 11) is 0. The number of rotatable bonds is 5. The van der Waals surface area contributed by atoms with Crippen molar-refractivity contribution in [1.29, 1.82) is 0 Å². The lowest BCUT2D eigenvalue weighted by Gasteiger charge is -2.01. The molecule has 0 atom stereocenters. The van der Waals surface area contributed by atoms with Gasteiger partial charge in [0.15, 0.2) is 0 Å². The Balaban J connectivity index is 2.49. The summed E-state index contributed by atoms with van der Waals surface area (Å²) < 4.78 is 1.04. The van der Waals surface area contributed by atoms with Crippen molar-refractivity contribution in [1.82, 2.24) is 0 Å². The van der Waals surface area contributed by atoms with Crippen LogP contribution in [0.15, 0.2) is 46.3 Å². The maximum absolute atomic E-state index is 11.2. The van der Waals surface area contributed by atoms with E-state index in [9.17, 15) is 4.79 Å². The molecule has 0 N–H and O–H groups in total. The van der Waals surface area contributed by atoms with Gasteiger partial charge >= 0.3 is 0 Å². The lowest BCUT2D eigenvalue weighted by Crippen LogP contribution is -1.98. The fourth-order valence-electron chi connectivity index (χ4n) is 0.940. The zero-order valence-corrected chi connectivity index (χ0v) is 10.1. The van der Waals surface area contributed by atoms with Gasteiger partial charge < -0.3 is 0 Å². The topological polar surface area (TPSA) is 17.1 Å². The van der Waals surface area contributed by atoms with Crippen molar-refractivity contribution >= 4 is 33.5 Å². The van der Waals surface area contributed by atoms with E-state index in [1.54, 1.807) is 17.8 Å². The molecule has 0 saturated carbocycles. The first-order valence-corrected chi connectivity index (χ1v) is 6.02. The van der Waals surface area contributed by atoms with Gasteiger partial charge in [-0.25, -0.2) is 0 Å². The largest absolute Gasteiger partial charge is 0.298 e. The first-order chi connectivity index (χ1) is 6.74. The number of hydrogen-bond donors (Lipinski definition) is 0. The first kappa shape index (κ1) is 11.5. The Bertz CT molecular complexity index is 336. The van der Waals surface area contributed by atoms with E-state index >= 15 is 0 Å². The van der Waals surface area contributed by atoms with Gasteiger partial charge in [-0.2, -0.15) is 0 Å². The van der Waals surface area contributed by atoms with Crippen molar-refractivity contribution in [2.75, 3.05) is 5.75 Å². The smallest absolute Gasteiger partial charge is 0.146 e. The number of halogens is 1. The molecule has 0 heterocycles. The second-order valence-corrected chi connectivity index (χ2v) is 4.62. The Labute approximate surface area is 96.7 Å². The lowest BCUT2D eigenvalue weighted by molar-refractivity contribution is -0.115. The summed E-state index contributed by atoms with van der Waals surface area (Å²) in [6.07, 6.45) is 2.10. The lowest BCUT2D eigenvalue weighted by atomic mass is 10.3. The molecule has 74 valence electrons. The van der Waals surface area contributed by atoms with Gasteiger partial charge in [0.25, 0.3) is 0 Å². The van der Waals surface area contributed by atoms with Crippen molar-refractivity contribution in [2.45, 2.75) is 11.3 Å². The van der Waals surface area contributed by atoms with E-state index in [1.165, 1.54) is 0 Å². The second-order valence-electron chi connectivity index (χ2n) is 2.75. The quantitative estimate of drug-likeness (QED) is 0.600. The van der Waals surface area contributed by atoms with Crippen LogP contribution in [0.5, 0.6) is 0 Å². The van der Waals surface area contributed by atoms with Crippen molar-refractivity contribution in [3.8, 4) is 0 Å². The monoisotopic (exact) mass is 270 g/mol. The zero-order chi connectivity index (χ0) is 10.4. The molecule has 0 unspecified atom stereocenters. The van der Waals surface area contributed by atoms with Crippen molar-refractivity contribution < 1.29 is 4.79 Å². The van der Waals surface area contributed by atoms with Gasteiger partial charge in [0.05, 0.1) is 5.75 Å². The van der Waals surface area contributed by atoms with E-state index < -0.39 is 0 Å². The van der Waals surface area contributed by atoms with E-state index in [1.807, 2.05) is 24.3 Å². The summed E-state index contributed by atoms with van der Waals surface area (Å²) in [5, 5.41) is 0. The SMILES string of the molecule is C=CCC(=O)CSc1ccccc1Br. The zero-order valence-electron chi connectivity index (χ0n) is 7.70. The summed E-state index contributed by atoms with van der Waals surface area (Å²) in [6.45, 7) is 3.53. The van der Waals surface area contributed by atoms with Crippen LogP contribution in [0.2, 0.25) is 0 Å². The third kappa shape index (κ3) is 3.68. The Morgan fingerprint density at radius 1 is 1.50 bits per heavy atom. The molecular weight excluding hydrogens is 260 g/mol. The van der Waals surface area contributed by atoms with Crippen LogP contribution in [0.4, 0.5) is 0 Å². The van der Waals surface area contributed by atoms with Crippen molar-refractivity contribution in [3.05, 3.63) is 41.4 Å². The fourth-order valence-corrected chi connectivity index (χ4v) is 2.38. The molecule has 0 fully saturated rings. The molecule has 0 aliphatic rings. The minimum Gasteiger partial charge on any atom is -0.298 e. The van der Waals surface area contributed by atoms with Crippen molar-refractivity contribution in [2.24, 2.45) is 0 Å². The molecule has 1 nitrogen and oxygen atoms in total. The molecule has 1 aromatic rings. The Hall–Kier alpha value is -0.540. The summed E-state index contributed by atoms with van der Waals surface area (Å²) in [5.74, 6) is 0.718. The highest BCUT2D eigenvalue weighted by atomic mass is 79.9. The molecule has 1 aromatic carbocycles. The number of hydrogen-bond acceptors (Lipinski definition) is 2. The molecule has 0 aliphatic carbocycles. The van der Waals surface area contributed by atoms with Crippen LogP contribution in [0.25, 0.3) is 0 Å². The van der Waals surface area contributed by atoms with Gasteiger partial charge in [0.1, 0.15) is 5.78 Å². The summed E-state index contributed by atoms with van der Waals surface area (Å²) in [5.41, 5.74) is 0. The molecule has 0 saturated heterocycles. The van der Waals surface area contributed by atoms with Gasteiger partial charge in [-0.05, 0) is 28.1 Å². The molecular formula is C11H11BrOS. The van der Waals surface area contributed by atoms with Gasteiger partial charge in [0, 0.05) is 15.8 Å². The molecule has 0 amide bonds. The van der Waals surface area contributed by atoms with Crippen LogP contribution in [0.3, 0.4) is 0 Å². The maximum Gasteiger partial charge on any atom is 0.146 e. The highest BCUT2D eigenvalue weighted by Gasteiger charge is 2.03. The first-order valence-electron chi connectivity index (χ1n) is 4.24. The highest BCUT2D eigenvalue weighted by Crippen LogP contribution is 2.26. The molecule has 0 aromatic heterocycles. The third-order valence-corrected chi connectivity index (χ3v) is 3.68. The minimum absolute atomic E-state index is 0.209. The highest BCUT2D eigenvalue weighted by molar-refractivity contribution is 9.10. The molecule has 0 bridgehead atoms. The van der Waals surface area contributed by atoms with Crippen LogP contribution in [-0.4, -0.2) is 11.5 Å². The number of ketones is 1. The van der Waals surface area contributed by atoms with E-state index in [4.69, 9.17) is 0 Å². The Morgan fingerprint density at radius 2 is 2.21 bits per heavy atom. The molecule has 0 aliphatic heterocycles. The molecule has 0 spiro atoms. The van der Waals surface area contributed by atoms with Crippen molar-refractivity contribution in [3.63, 3.8) is 0 Å². The second kappa shape index (κ2) is 6.04. The van der Waals surface area contributed by atoms with Crippen LogP contribution in [0.1, 0.15) is 6.42 Å². The third-order valence-electron chi connectivity index (χ3n) is 1.60. The van der Waals surface area contributed by atoms with Crippen LogP contribution < -0.4 is 0 Å². The van der Waals surface area contributed by atoms with Gasteiger partial charge in [-0.15, -0.1) is 18.3 Å². The molecule has 14 heavy (non-hydrogen) atoms. The van der Waals surface area contributed by atoms with E-state index in [-0.39, 0.29) is 5.78 Å². The van der Waals surface area contributed by atoms with Gasteiger partial charge in [-0.1, -0.05) is 18.2 Å². The predicted molar refractivity (Wildman–Crippen MR) is 64.7 cm³/mol. The van der Waals surface area contributed by atoms with Crippen LogP contribution in [-0.2, 0) is 4.79 Å². The average molecular weight is 271 g/mol. The standard InChI is InChI=1S/C11H11BrOS/c1-2-5-9(13)8-14-11-7-4-3-6-10(11)12/h2-4,6-7H,1,5,8H2. The minimum atomic E-state index is 0.209. The fraction of sp³-hybridized carbons (Fsp3) is 0.182. The van der Waals surface area contributed by atoms with E-state index in [2.05, 4.69) is 22.5 Å². The van der Waals surface area contributed by atoms with Crippen LogP contribution in [0, 0.1) is 0 Å². The molecule has 1 rings (SSSR count). The Morgan fingerprint density at radius 3 is 2.86 bits per heavy atom. The van der Waals surface area contributed by atoms with Gasteiger partial charge in [-0.3, -0.25) is 4.79 Å². The number of allylic oxidation sites excluding steroid dienone is 1. The molecule has 0 radical (unpaired) electrons. The van der Waals surface area contributed by atoms with Crippen LogP contribution >= 0.6 is 27.7 Å². The van der Waals surface area contributed by atoms with E-state index in [0.29, 0.717) is 12.2 Å².